The fraction of sp³-hybridized carbons (Fsp3) is 1.00. The molecule has 114 valence electrons. The van der Waals surface area contributed by atoms with Crippen LogP contribution in [0, 0.1) is 23.2 Å². The van der Waals surface area contributed by atoms with E-state index in [0.717, 1.165) is 18.4 Å². The highest BCUT2D eigenvalue weighted by molar-refractivity contribution is 4.87. The summed E-state index contributed by atoms with van der Waals surface area (Å²) < 4.78 is 5.23. The zero-order valence-corrected chi connectivity index (χ0v) is 14.0. The van der Waals surface area contributed by atoms with E-state index in [1.807, 2.05) is 0 Å². The maximum Gasteiger partial charge on any atom is 0.0465 e. The van der Waals surface area contributed by atoms with Crippen LogP contribution in [-0.2, 0) is 4.74 Å². The summed E-state index contributed by atoms with van der Waals surface area (Å²) >= 11 is 0. The van der Waals surface area contributed by atoms with Crippen LogP contribution in [0.2, 0.25) is 0 Å². The third-order valence-electron chi connectivity index (χ3n) is 5.23. The van der Waals surface area contributed by atoms with Gasteiger partial charge in [0.25, 0.3) is 0 Å². The van der Waals surface area contributed by atoms with Gasteiger partial charge in [-0.2, -0.15) is 0 Å². The lowest BCUT2D eigenvalue weighted by atomic mass is 9.67. The standard InChI is InChI=1S/C17H35NO/c1-13(11-12-19-6)16(18-5)14-7-9-15(10-8-14)17(2,3)4/h13-16,18H,7-12H2,1-6H3. The summed E-state index contributed by atoms with van der Waals surface area (Å²) in [5.41, 5.74) is 0.488. The Morgan fingerprint density at radius 3 is 2.16 bits per heavy atom. The molecule has 1 N–H and O–H groups in total. The third kappa shape index (κ3) is 5.07. The minimum Gasteiger partial charge on any atom is -0.385 e. The summed E-state index contributed by atoms with van der Waals surface area (Å²) in [4.78, 5) is 0. The predicted octanol–water partition coefficient (Wildman–Crippen LogP) is 4.10. The van der Waals surface area contributed by atoms with Crippen molar-refractivity contribution in [2.75, 3.05) is 20.8 Å². The fourth-order valence-electron chi connectivity index (χ4n) is 3.81. The van der Waals surface area contributed by atoms with E-state index in [2.05, 4.69) is 40.1 Å². The van der Waals surface area contributed by atoms with E-state index >= 15 is 0 Å². The topological polar surface area (TPSA) is 21.3 Å². The molecule has 2 atom stereocenters. The summed E-state index contributed by atoms with van der Waals surface area (Å²) in [6.45, 7) is 10.4. The quantitative estimate of drug-likeness (QED) is 0.784. The molecule has 1 aliphatic rings. The van der Waals surface area contributed by atoms with Gasteiger partial charge in [0.2, 0.25) is 0 Å². The monoisotopic (exact) mass is 269 g/mol. The molecule has 0 radical (unpaired) electrons. The van der Waals surface area contributed by atoms with Crippen molar-refractivity contribution in [1.29, 1.82) is 0 Å². The van der Waals surface area contributed by atoms with Gasteiger partial charge in [-0.15, -0.1) is 0 Å². The first-order valence-electron chi connectivity index (χ1n) is 8.06. The number of ether oxygens (including phenoxy) is 1. The van der Waals surface area contributed by atoms with Crippen LogP contribution in [0.3, 0.4) is 0 Å². The van der Waals surface area contributed by atoms with Crippen molar-refractivity contribution in [2.45, 2.75) is 65.8 Å². The van der Waals surface area contributed by atoms with E-state index in [0.29, 0.717) is 17.4 Å². The van der Waals surface area contributed by atoms with Crippen molar-refractivity contribution in [3.05, 3.63) is 0 Å². The second-order valence-corrected chi connectivity index (χ2v) is 7.55. The normalized spacial score (nSPS) is 28.1. The Morgan fingerprint density at radius 1 is 1.16 bits per heavy atom. The first kappa shape index (κ1) is 17.0. The van der Waals surface area contributed by atoms with Crippen LogP contribution in [0.25, 0.3) is 0 Å². The Hall–Kier alpha value is -0.0800. The van der Waals surface area contributed by atoms with Crippen LogP contribution in [0.15, 0.2) is 0 Å². The number of hydrogen-bond donors (Lipinski definition) is 1. The molecule has 0 saturated heterocycles. The molecule has 0 aromatic carbocycles. The molecule has 2 unspecified atom stereocenters. The Labute approximate surface area is 120 Å². The summed E-state index contributed by atoms with van der Waals surface area (Å²) in [6, 6.07) is 0.663. The molecule has 1 saturated carbocycles. The molecule has 1 rings (SSSR count). The van der Waals surface area contributed by atoms with Gasteiger partial charge in [0, 0.05) is 19.8 Å². The van der Waals surface area contributed by atoms with Gasteiger partial charge < -0.3 is 10.1 Å². The van der Waals surface area contributed by atoms with E-state index in [4.69, 9.17) is 4.74 Å². The molecule has 0 amide bonds. The van der Waals surface area contributed by atoms with Crippen molar-refractivity contribution >= 4 is 0 Å². The fourth-order valence-corrected chi connectivity index (χ4v) is 3.81. The molecule has 2 heteroatoms. The van der Waals surface area contributed by atoms with Gasteiger partial charge in [0.05, 0.1) is 0 Å². The number of nitrogens with one attached hydrogen (secondary N) is 1. The maximum atomic E-state index is 5.23. The number of methoxy groups -OCH3 is 1. The van der Waals surface area contributed by atoms with Crippen LogP contribution < -0.4 is 5.32 Å². The highest BCUT2D eigenvalue weighted by atomic mass is 16.5. The lowest BCUT2D eigenvalue weighted by Crippen LogP contribution is -2.42. The van der Waals surface area contributed by atoms with Crippen molar-refractivity contribution in [1.82, 2.24) is 5.32 Å². The van der Waals surface area contributed by atoms with E-state index in [1.165, 1.54) is 32.1 Å². The van der Waals surface area contributed by atoms with E-state index in [-0.39, 0.29) is 0 Å². The highest BCUT2D eigenvalue weighted by Gasteiger charge is 2.33. The van der Waals surface area contributed by atoms with Crippen molar-refractivity contribution in [2.24, 2.45) is 23.2 Å². The van der Waals surface area contributed by atoms with Crippen LogP contribution in [0.1, 0.15) is 59.8 Å². The zero-order chi connectivity index (χ0) is 14.5. The molecule has 0 aliphatic heterocycles. The minimum atomic E-state index is 0.488. The lowest BCUT2D eigenvalue weighted by molar-refractivity contribution is 0.109. The molecular formula is C17H35NO. The largest absolute Gasteiger partial charge is 0.385 e. The van der Waals surface area contributed by atoms with Gasteiger partial charge in [-0.1, -0.05) is 27.7 Å². The maximum absolute atomic E-state index is 5.23. The van der Waals surface area contributed by atoms with Crippen LogP contribution in [0.4, 0.5) is 0 Å². The lowest BCUT2D eigenvalue weighted by Gasteiger charge is -2.41. The average molecular weight is 269 g/mol. The first-order chi connectivity index (χ1) is 8.90. The van der Waals surface area contributed by atoms with Crippen molar-refractivity contribution in [3.63, 3.8) is 0 Å². The Morgan fingerprint density at radius 2 is 1.74 bits per heavy atom. The second-order valence-electron chi connectivity index (χ2n) is 7.55. The second kappa shape index (κ2) is 7.64. The van der Waals surface area contributed by atoms with Gasteiger partial charge in [0.15, 0.2) is 0 Å². The van der Waals surface area contributed by atoms with Gasteiger partial charge in [-0.25, -0.2) is 0 Å². The van der Waals surface area contributed by atoms with Crippen molar-refractivity contribution in [3.8, 4) is 0 Å². The highest BCUT2D eigenvalue weighted by Crippen LogP contribution is 2.41. The zero-order valence-electron chi connectivity index (χ0n) is 14.0. The molecule has 1 aliphatic carbocycles. The van der Waals surface area contributed by atoms with E-state index < -0.39 is 0 Å². The van der Waals surface area contributed by atoms with E-state index in [9.17, 15) is 0 Å². The van der Waals surface area contributed by atoms with Gasteiger partial charge in [-0.3, -0.25) is 0 Å². The van der Waals surface area contributed by atoms with Gasteiger partial charge >= 0.3 is 0 Å². The third-order valence-corrected chi connectivity index (χ3v) is 5.23. The predicted molar refractivity (Wildman–Crippen MR) is 83.4 cm³/mol. The molecule has 0 bridgehead atoms. The van der Waals surface area contributed by atoms with Gasteiger partial charge in [0.1, 0.15) is 0 Å². The first-order valence-corrected chi connectivity index (χ1v) is 8.06. The summed E-state index contributed by atoms with van der Waals surface area (Å²) in [5, 5.41) is 3.58. The summed E-state index contributed by atoms with van der Waals surface area (Å²) in [5.74, 6) is 2.48. The molecule has 0 aromatic rings. The summed E-state index contributed by atoms with van der Waals surface area (Å²) in [7, 11) is 3.93. The minimum absolute atomic E-state index is 0.488. The van der Waals surface area contributed by atoms with Crippen LogP contribution in [0.5, 0.6) is 0 Å². The van der Waals surface area contributed by atoms with Gasteiger partial charge in [-0.05, 0) is 62.3 Å². The summed E-state index contributed by atoms with van der Waals surface area (Å²) in [6.07, 6.45) is 6.77. The smallest absolute Gasteiger partial charge is 0.0465 e. The number of hydrogen-bond acceptors (Lipinski definition) is 2. The Bertz CT molecular complexity index is 238. The molecule has 2 nitrogen and oxygen atoms in total. The molecule has 0 heterocycles. The van der Waals surface area contributed by atoms with Crippen LogP contribution in [-0.4, -0.2) is 26.8 Å². The Balaban J connectivity index is 2.47. The van der Waals surface area contributed by atoms with E-state index in [1.54, 1.807) is 7.11 Å². The molecule has 0 spiro atoms. The molecular weight excluding hydrogens is 234 g/mol. The molecule has 0 aromatic heterocycles. The molecule has 1 fully saturated rings. The Kier molecular flexibility index (Phi) is 6.82. The molecule has 19 heavy (non-hydrogen) atoms. The number of rotatable bonds is 6. The SMILES string of the molecule is CNC(C(C)CCOC)C1CCC(C(C)(C)C)CC1. The van der Waals surface area contributed by atoms with Crippen LogP contribution >= 0.6 is 0 Å². The average Bonchev–Trinajstić information content (AvgIpc) is 2.37. The van der Waals surface area contributed by atoms with Crippen molar-refractivity contribution < 1.29 is 4.74 Å².